The number of hydrogen-bond donors (Lipinski definition) is 1. The van der Waals surface area contributed by atoms with Crippen molar-refractivity contribution < 1.29 is 19.1 Å². The van der Waals surface area contributed by atoms with Crippen molar-refractivity contribution in [2.24, 2.45) is 5.92 Å². The topological polar surface area (TPSA) is 71.1 Å². The molecule has 3 heterocycles. The van der Waals surface area contributed by atoms with E-state index in [1.807, 2.05) is 17.0 Å². The van der Waals surface area contributed by atoms with Gasteiger partial charge in [0.15, 0.2) is 11.5 Å². The molecule has 4 rings (SSSR count). The molecule has 1 atom stereocenters. The van der Waals surface area contributed by atoms with Crippen LogP contribution in [0.25, 0.3) is 0 Å². The first-order chi connectivity index (χ1) is 12.2. The van der Waals surface area contributed by atoms with E-state index in [1.165, 1.54) is 5.56 Å². The van der Waals surface area contributed by atoms with Crippen LogP contribution in [0, 0.1) is 5.92 Å². The predicted octanol–water partition coefficient (Wildman–Crippen LogP) is 0.586. The number of ether oxygens (including phenoxy) is 2. The quantitative estimate of drug-likeness (QED) is 0.868. The normalized spacial score (nSPS) is 23.4. The van der Waals surface area contributed by atoms with Crippen molar-refractivity contribution in [3.8, 4) is 11.5 Å². The summed E-state index contributed by atoms with van der Waals surface area (Å²) < 4.78 is 10.8. The van der Waals surface area contributed by atoms with Crippen LogP contribution in [-0.4, -0.2) is 61.1 Å². The zero-order chi connectivity index (χ0) is 17.2. The average Bonchev–Trinajstić information content (AvgIpc) is 3.10. The van der Waals surface area contributed by atoms with E-state index in [0.717, 1.165) is 44.2 Å². The highest BCUT2D eigenvalue weighted by molar-refractivity contribution is 5.83. The molecule has 0 radical (unpaired) electrons. The summed E-state index contributed by atoms with van der Waals surface area (Å²) >= 11 is 0. The van der Waals surface area contributed by atoms with Gasteiger partial charge in [0.25, 0.3) is 0 Å². The van der Waals surface area contributed by atoms with Gasteiger partial charge in [-0.3, -0.25) is 14.5 Å². The summed E-state index contributed by atoms with van der Waals surface area (Å²) in [5.41, 5.74) is 1.19. The minimum atomic E-state index is -0.0573. The first kappa shape index (κ1) is 16.2. The Kier molecular flexibility index (Phi) is 4.48. The van der Waals surface area contributed by atoms with Crippen LogP contribution in [0.2, 0.25) is 0 Å². The third-order valence-electron chi connectivity index (χ3n) is 5.14. The zero-order valence-electron chi connectivity index (χ0n) is 14.2. The molecule has 0 aliphatic carbocycles. The summed E-state index contributed by atoms with van der Waals surface area (Å²) in [6.07, 6.45) is 1.13. The summed E-state index contributed by atoms with van der Waals surface area (Å²) in [6, 6.07) is 6.05. The number of piperazine rings is 1. The summed E-state index contributed by atoms with van der Waals surface area (Å²) in [6.45, 7) is 4.83. The van der Waals surface area contributed by atoms with Crippen LogP contribution in [0.4, 0.5) is 0 Å². The van der Waals surface area contributed by atoms with Crippen molar-refractivity contribution in [2.45, 2.75) is 19.4 Å². The second kappa shape index (κ2) is 6.92. The van der Waals surface area contributed by atoms with Gasteiger partial charge < -0.3 is 19.7 Å². The lowest BCUT2D eigenvalue weighted by molar-refractivity contribution is -0.139. The van der Waals surface area contributed by atoms with Crippen LogP contribution < -0.4 is 14.8 Å². The molecule has 3 aliphatic heterocycles. The molecular weight excluding hydrogens is 322 g/mol. The van der Waals surface area contributed by atoms with Crippen LogP contribution in [0.5, 0.6) is 11.5 Å². The van der Waals surface area contributed by atoms with Crippen LogP contribution >= 0.6 is 0 Å². The lowest BCUT2D eigenvalue weighted by Crippen LogP contribution is -2.52. The summed E-state index contributed by atoms with van der Waals surface area (Å²) in [5, 5.41) is 2.80. The largest absolute Gasteiger partial charge is 0.454 e. The minimum absolute atomic E-state index is 0.0533. The van der Waals surface area contributed by atoms with Crippen molar-refractivity contribution in [1.29, 1.82) is 0 Å². The number of piperidine rings is 1. The van der Waals surface area contributed by atoms with Crippen molar-refractivity contribution in [2.75, 3.05) is 39.5 Å². The van der Waals surface area contributed by atoms with Gasteiger partial charge in [0.1, 0.15) is 0 Å². The molecule has 0 spiro atoms. The molecule has 2 amide bonds. The molecule has 1 aromatic rings. The Morgan fingerprint density at radius 1 is 1.16 bits per heavy atom. The van der Waals surface area contributed by atoms with E-state index in [0.29, 0.717) is 26.2 Å². The molecular formula is C18H23N3O4. The fourth-order valence-corrected chi connectivity index (χ4v) is 3.63. The number of carbonyl (C=O) groups excluding carboxylic acids is 2. The lowest BCUT2D eigenvalue weighted by atomic mass is 9.97. The van der Waals surface area contributed by atoms with Gasteiger partial charge in [-0.25, -0.2) is 0 Å². The third kappa shape index (κ3) is 3.56. The van der Waals surface area contributed by atoms with E-state index < -0.39 is 0 Å². The number of nitrogens with one attached hydrogen (secondary N) is 1. The van der Waals surface area contributed by atoms with Crippen molar-refractivity contribution in [1.82, 2.24) is 15.1 Å². The first-order valence-electron chi connectivity index (χ1n) is 8.85. The second-order valence-corrected chi connectivity index (χ2v) is 6.83. The number of rotatable bonds is 3. The Bertz CT molecular complexity index is 660. The Labute approximate surface area is 146 Å². The second-order valence-electron chi connectivity index (χ2n) is 6.83. The molecule has 0 unspecified atom stereocenters. The number of benzene rings is 1. The highest BCUT2D eigenvalue weighted by Gasteiger charge is 2.30. The fraction of sp³-hybridized carbons (Fsp3) is 0.556. The maximum Gasteiger partial charge on any atom is 0.231 e. The molecule has 0 bridgehead atoms. The number of hydrogen-bond acceptors (Lipinski definition) is 5. The molecule has 0 aromatic heterocycles. The maximum atomic E-state index is 12.6. The van der Waals surface area contributed by atoms with E-state index >= 15 is 0 Å². The maximum absolute atomic E-state index is 12.6. The first-order valence-corrected chi connectivity index (χ1v) is 8.85. The molecule has 25 heavy (non-hydrogen) atoms. The van der Waals surface area contributed by atoms with Gasteiger partial charge in [-0.15, -0.1) is 0 Å². The monoisotopic (exact) mass is 345 g/mol. The number of fused-ring (bicyclic) bond motifs is 1. The van der Waals surface area contributed by atoms with Crippen LogP contribution in [0.15, 0.2) is 18.2 Å². The van der Waals surface area contributed by atoms with Crippen molar-refractivity contribution >= 4 is 11.8 Å². The van der Waals surface area contributed by atoms with Gasteiger partial charge in [0.2, 0.25) is 18.6 Å². The van der Waals surface area contributed by atoms with Crippen molar-refractivity contribution in [3.05, 3.63) is 23.8 Å². The van der Waals surface area contributed by atoms with Gasteiger partial charge in [0, 0.05) is 45.7 Å². The van der Waals surface area contributed by atoms with E-state index in [9.17, 15) is 9.59 Å². The number of nitrogens with zero attached hydrogens (tertiary/aromatic N) is 2. The Balaban J connectivity index is 1.28. The molecule has 1 N–H and O–H groups in total. The third-order valence-corrected chi connectivity index (χ3v) is 5.14. The minimum Gasteiger partial charge on any atom is -0.454 e. The summed E-state index contributed by atoms with van der Waals surface area (Å²) in [5.74, 6) is 1.79. The van der Waals surface area contributed by atoms with Crippen molar-refractivity contribution in [3.63, 3.8) is 0 Å². The molecule has 7 nitrogen and oxygen atoms in total. The highest BCUT2D eigenvalue weighted by atomic mass is 16.7. The fourth-order valence-electron chi connectivity index (χ4n) is 3.63. The number of amides is 2. The predicted molar refractivity (Wildman–Crippen MR) is 90.2 cm³/mol. The van der Waals surface area contributed by atoms with Gasteiger partial charge in [-0.05, 0) is 24.1 Å². The standard InChI is InChI=1S/C18H23N3O4/c22-17-4-2-14(10-19-17)18(23)21-7-5-20(6-8-21)11-13-1-3-15-16(9-13)25-12-24-15/h1,3,9,14H,2,4-8,10-12H2,(H,19,22)/t14-/m0/s1. The molecule has 1 aromatic carbocycles. The lowest BCUT2D eigenvalue weighted by Gasteiger charge is -2.37. The van der Waals surface area contributed by atoms with Crippen LogP contribution in [0.1, 0.15) is 18.4 Å². The van der Waals surface area contributed by atoms with Gasteiger partial charge in [0.05, 0.1) is 5.92 Å². The molecule has 134 valence electrons. The Hall–Kier alpha value is -2.28. The average molecular weight is 345 g/mol. The van der Waals surface area contributed by atoms with E-state index in [1.54, 1.807) is 0 Å². The van der Waals surface area contributed by atoms with E-state index in [4.69, 9.17) is 9.47 Å². The van der Waals surface area contributed by atoms with Crippen LogP contribution in [-0.2, 0) is 16.1 Å². The van der Waals surface area contributed by atoms with Gasteiger partial charge >= 0.3 is 0 Å². The molecule has 2 fully saturated rings. The van der Waals surface area contributed by atoms with E-state index in [-0.39, 0.29) is 17.7 Å². The van der Waals surface area contributed by atoms with Gasteiger partial charge in [-0.1, -0.05) is 6.07 Å². The smallest absolute Gasteiger partial charge is 0.231 e. The van der Waals surface area contributed by atoms with E-state index in [2.05, 4.69) is 16.3 Å². The highest BCUT2D eigenvalue weighted by Crippen LogP contribution is 2.32. The van der Waals surface area contributed by atoms with Crippen LogP contribution in [0.3, 0.4) is 0 Å². The Morgan fingerprint density at radius 2 is 1.96 bits per heavy atom. The zero-order valence-corrected chi connectivity index (χ0v) is 14.2. The summed E-state index contributed by atoms with van der Waals surface area (Å²) in [7, 11) is 0. The molecule has 0 saturated carbocycles. The SMILES string of the molecule is O=C1CC[C@H](C(=O)N2CCN(Cc3ccc4c(c3)OCO4)CC2)CN1. The molecule has 3 aliphatic rings. The Morgan fingerprint density at radius 3 is 2.72 bits per heavy atom. The summed E-state index contributed by atoms with van der Waals surface area (Å²) in [4.78, 5) is 28.1. The molecule has 2 saturated heterocycles. The molecule has 7 heteroatoms. The number of carbonyl (C=O) groups is 2. The van der Waals surface area contributed by atoms with Gasteiger partial charge in [-0.2, -0.15) is 0 Å².